The third-order valence-corrected chi connectivity index (χ3v) is 6.55. The van der Waals surface area contributed by atoms with Crippen molar-refractivity contribution in [1.29, 1.82) is 0 Å². The first-order valence-electron chi connectivity index (χ1n) is 11.5. The summed E-state index contributed by atoms with van der Waals surface area (Å²) in [6.45, 7) is 6.48. The molecule has 0 unspecified atom stereocenters. The largest absolute Gasteiger partial charge is 0.395 e. The van der Waals surface area contributed by atoms with Crippen molar-refractivity contribution in [2.75, 3.05) is 26.2 Å². The number of benzene rings is 2. The van der Waals surface area contributed by atoms with Crippen LogP contribution in [-0.2, 0) is 0 Å². The number of hydrogen-bond acceptors (Lipinski definition) is 3. The van der Waals surface area contributed by atoms with E-state index in [1.807, 2.05) is 17.0 Å². The van der Waals surface area contributed by atoms with Crippen LogP contribution in [0, 0.1) is 23.6 Å². The van der Waals surface area contributed by atoms with Gasteiger partial charge in [-0.25, -0.2) is 4.39 Å². The summed E-state index contributed by atoms with van der Waals surface area (Å²) in [4.78, 5) is 17.4. The van der Waals surface area contributed by atoms with E-state index >= 15 is 0 Å². The topological polar surface area (TPSA) is 43.8 Å². The number of carbonyl (C=O) groups is 1. The molecule has 4 rings (SSSR count). The van der Waals surface area contributed by atoms with Gasteiger partial charge in [0.15, 0.2) is 0 Å². The van der Waals surface area contributed by atoms with Crippen LogP contribution in [-0.4, -0.2) is 59.1 Å². The molecule has 1 amide bonds. The highest BCUT2D eigenvalue weighted by Crippen LogP contribution is 2.42. The van der Waals surface area contributed by atoms with E-state index in [9.17, 15) is 14.3 Å². The zero-order valence-electron chi connectivity index (χ0n) is 18.8. The van der Waals surface area contributed by atoms with Crippen LogP contribution in [0.5, 0.6) is 0 Å². The molecule has 5 heteroatoms. The van der Waals surface area contributed by atoms with Crippen LogP contribution in [0.2, 0.25) is 0 Å². The Balaban J connectivity index is 1.55. The maximum Gasteiger partial charge on any atom is 0.253 e. The van der Waals surface area contributed by atoms with Crippen molar-refractivity contribution in [3.63, 3.8) is 0 Å². The second-order valence-electron chi connectivity index (χ2n) is 9.09. The van der Waals surface area contributed by atoms with Gasteiger partial charge >= 0.3 is 0 Å². The molecule has 2 fully saturated rings. The monoisotopic (exact) mass is 434 g/mol. The van der Waals surface area contributed by atoms with Crippen LogP contribution >= 0.6 is 0 Å². The fraction of sp³-hybridized carbons (Fsp3) is 0.444. The van der Waals surface area contributed by atoms with Gasteiger partial charge in [0, 0.05) is 48.1 Å². The van der Waals surface area contributed by atoms with Gasteiger partial charge in [-0.15, -0.1) is 0 Å². The molecular weight excluding hydrogens is 403 g/mol. The fourth-order valence-electron chi connectivity index (χ4n) is 4.92. The summed E-state index contributed by atoms with van der Waals surface area (Å²) in [5.41, 5.74) is 2.68. The first-order valence-corrected chi connectivity index (χ1v) is 11.5. The average Bonchev–Trinajstić information content (AvgIpc) is 2.77. The molecule has 2 aromatic rings. The van der Waals surface area contributed by atoms with E-state index in [2.05, 4.69) is 42.7 Å². The van der Waals surface area contributed by atoms with E-state index in [1.165, 1.54) is 17.7 Å². The molecule has 0 aliphatic carbocycles. The van der Waals surface area contributed by atoms with Gasteiger partial charge in [-0.05, 0) is 61.3 Å². The molecule has 3 atom stereocenters. The lowest BCUT2D eigenvalue weighted by Crippen LogP contribution is -2.67. The Bertz CT molecular complexity index is 991. The van der Waals surface area contributed by atoms with Crippen molar-refractivity contribution in [2.45, 2.75) is 44.7 Å². The molecule has 0 bridgehead atoms. The zero-order valence-corrected chi connectivity index (χ0v) is 18.8. The van der Waals surface area contributed by atoms with Crippen LogP contribution in [0.25, 0.3) is 0 Å². The van der Waals surface area contributed by atoms with Crippen LogP contribution in [0.1, 0.15) is 54.1 Å². The Morgan fingerprint density at radius 3 is 2.44 bits per heavy atom. The average molecular weight is 435 g/mol. The summed E-state index contributed by atoms with van der Waals surface area (Å²) in [6.07, 6.45) is 1.90. The van der Waals surface area contributed by atoms with Gasteiger partial charge in [-0.1, -0.05) is 37.8 Å². The normalized spacial score (nSPS) is 23.4. The lowest BCUT2D eigenvalue weighted by Gasteiger charge is -2.57. The molecule has 2 aromatic carbocycles. The van der Waals surface area contributed by atoms with E-state index in [0.29, 0.717) is 24.6 Å². The Morgan fingerprint density at radius 2 is 1.78 bits per heavy atom. The number of nitrogens with zero attached hydrogens (tertiary/aromatic N) is 2. The smallest absolute Gasteiger partial charge is 0.253 e. The molecule has 0 radical (unpaired) electrons. The highest BCUT2D eigenvalue weighted by Gasteiger charge is 2.49. The Labute approximate surface area is 190 Å². The summed E-state index contributed by atoms with van der Waals surface area (Å²) in [6, 6.07) is 14.3. The highest BCUT2D eigenvalue weighted by molar-refractivity contribution is 5.94. The number of fused-ring (bicyclic) bond motifs is 1. The number of aliphatic hydroxyl groups excluding tert-OH is 1. The number of aliphatic hydroxyl groups is 1. The number of carbonyl (C=O) groups excluding carboxylic acids is 1. The molecule has 2 saturated heterocycles. The van der Waals surface area contributed by atoms with E-state index in [1.54, 1.807) is 12.1 Å². The Morgan fingerprint density at radius 1 is 1.09 bits per heavy atom. The van der Waals surface area contributed by atoms with Crippen molar-refractivity contribution in [1.82, 2.24) is 9.80 Å². The van der Waals surface area contributed by atoms with Gasteiger partial charge in [0.25, 0.3) is 5.91 Å². The van der Waals surface area contributed by atoms with Gasteiger partial charge in [0.2, 0.25) is 0 Å². The minimum absolute atomic E-state index is 0.0580. The van der Waals surface area contributed by atoms with Crippen LogP contribution < -0.4 is 0 Å². The predicted molar refractivity (Wildman–Crippen MR) is 124 cm³/mol. The fourth-order valence-corrected chi connectivity index (χ4v) is 4.92. The van der Waals surface area contributed by atoms with Crippen molar-refractivity contribution < 1.29 is 14.3 Å². The molecular formula is C27H31FN2O2. The van der Waals surface area contributed by atoms with Crippen LogP contribution in [0.4, 0.5) is 4.39 Å². The minimum atomic E-state index is -0.341. The number of amides is 1. The van der Waals surface area contributed by atoms with Gasteiger partial charge in [0.05, 0.1) is 6.61 Å². The van der Waals surface area contributed by atoms with Crippen molar-refractivity contribution in [3.8, 4) is 11.8 Å². The third-order valence-electron chi connectivity index (χ3n) is 6.55. The molecule has 2 aliphatic rings. The second-order valence-corrected chi connectivity index (χ2v) is 9.09. The summed E-state index contributed by atoms with van der Waals surface area (Å²) in [5.74, 6) is 6.48. The van der Waals surface area contributed by atoms with E-state index in [4.69, 9.17) is 0 Å². The molecule has 1 N–H and O–H groups in total. The minimum Gasteiger partial charge on any atom is -0.395 e. The van der Waals surface area contributed by atoms with Gasteiger partial charge in [0.1, 0.15) is 5.82 Å². The zero-order chi connectivity index (χ0) is 22.7. The maximum absolute atomic E-state index is 13.3. The molecule has 0 aromatic heterocycles. The van der Waals surface area contributed by atoms with Crippen molar-refractivity contribution in [3.05, 3.63) is 71.0 Å². The lowest BCUT2D eigenvalue weighted by atomic mass is 9.74. The first kappa shape index (κ1) is 22.5. The predicted octanol–water partition coefficient (Wildman–Crippen LogP) is 3.90. The first-order chi connectivity index (χ1) is 15.5. The summed E-state index contributed by atoms with van der Waals surface area (Å²) >= 11 is 0. The van der Waals surface area contributed by atoms with E-state index in [-0.39, 0.29) is 36.3 Å². The molecule has 0 saturated carbocycles. The summed E-state index contributed by atoms with van der Waals surface area (Å²) in [5, 5.41) is 10.1. The highest BCUT2D eigenvalue weighted by atomic mass is 19.1. The Kier molecular flexibility index (Phi) is 6.93. The summed E-state index contributed by atoms with van der Waals surface area (Å²) in [7, 11) is 0. The quantitative estimate of drug-likeness (QED) is 0.746. The van der Waals surface area contributed by atoms with Gasteiger partial charge in [-0.2, -0.15) is 0 Å². The maximum atomic E-state index is 13.3. The Hall–Kier alpha value is -2.68. The molecule has 2 heterocycles. The molecule has 2 aliphatic heterocycles. The third kappa shape index (κ3) is 4.72. The standard InChI is InChI=1S/C27H31FN2O2/c1-19(2)5-6-20-7-9-21(10-8-20)26-24-17-29(15-3-4-16-30(24)25(26)18-31)27(32)22-11-13-23(28)14-12-22/h7-14,19,24-26,31H,3-4,15-18H2,1-2H3/t24-,25-,26+/m1/s1. The van der Waals surface area contributed by atoms with Gasteiger partial charge < -0.3 is 10.0 Å². The molecule has 0 spiro atoms. The van der Waals surface area contributed by atoms with Crippen molar-refractivity contribution in [2.24, 2.45) is 5.92 Å². The van der Waals surface area contributed by atoms with Crippen LogP contribution in [0.15, 0.2) is 48.5 Å². The number of rotatable bonds is 3. The molecule has 32 heavy (non-hydrogen) atoms. The lowest BCUT2D eigenvalue weighted by molar-refractivity contribution is -0.0606. The van der Waals surface area contributed by atoms with Crippen molar-refractivity contribution >= 4 is 5.91 Å². The van der Waals surface area contributed by atoms with E-state index < -0.39 is 0 Å². The van der Waals surface area contributed by atoms with Crippen LogP contribution in [0.3, 0.4) is 0 Å². The number of halogens is 1. The SMILES string of the molecule is CC(C)C#Cc1ccc([C@@H]2[C@@H](CO)N3CCCCN(C(=O)c4ccc(F)cc4)C[C@H]23)cc1. The second kappa shape index (κ2) is 9.85. The number of hydrogen-bond donors (Lipinski definition) is 1. The van der Waals surface area contributed by atoms with E-state index in [0.717, 1.165) is 24.9 Å². The molecule has 4 nitrogen and oxygen atoms in total. The summed E-state index contributed by atoms with van der Waals surface area (Å²) < 4.78 is 13.3. The van der Waals surface area contributed by atoms with Gasteiger partial charge in [-0.3, -0.25) is 9.69 Å². The molecule has 168 valence electrons.